The number of nitrogens with one attached hydrogen (secondary N) is 2. The molecule has 0 unspecified atom stereocenters. The molecule has 0 spiro atoms. The van der Waals surface area contributed by atoms with Gasteiger partial charge in [0, 0.05) is 23.4 Å². The van der Waals surface area contributed by atoms with Gasteiger partial charge >= 0.3 is 5.69 Å². The standard InChI is InChI=1S/C24H23F2N3O5S/c1-24(2,3)17-13-16(29-9-8-20(30)27-23(29)31)12-15(22(17)34-4)7-6-14-10-18(25)21(19(26)11-14)28-35(5,32)33/h8-13,28H,1-5H3,(H,27,30,31). The molecule has 3 aromatic rings. The molecule has 0 aliphatic rings. The molecule has 1 heterocycles. The number of hydrogen-bond acceptors (Lipinski definition) is 5. The molecule has 0 aliphatic heterocycles. The normalized spacial score (nSPS) is 11.5. The van der Waals surface area contributed by atoms with Gasteiger partial charge in [0.15, 0.2) is 11.6 Å². The Bertz CT molecular complexity index is 1570. The number of aromatic amines is 1. The average Bonchev–Trinajstić information content (AvgIpc) is 2.73. The summed E-state index contributed by atoms with van der Waals surface area (Å²) in [4.78, 5) is 26.0. The first-order chi connectivity index (χ1) is 16.2. The highest BCUT2D eigenvalue weighted by molar-refractivity contribution is 7.92. The molecular weight excluding hydrogens is 480 g/mol. The van der Waals surface area contributed by atoms with Crippen molar-refractivity contribution in [2.45, 2.75) is 26.2 Å². The van der Waals surface area contributed by atoms with Gasteiger partial charge in [-0.3, -0.25) is 19.1 Å². The maximum Gasteiger partial charge on any atom is 0.332 e. The lowest BCUT2D eigenvalue weighted by Gasteiger charge is -2.24. The highest BCUT2D eigenvalue weighted by Crippen LogP contribution is 2.36. The number of hydrogen-bond donors (Lipinski definition) is 2. The van der Waals surface area contributed by atoms with Gasteiger partial charge in [-0.1, -0.05) is 32.6 Å². The van der Waals surface area contributed by atoms with E-state index in [0.29, 0.717) is 22.6 Å². The molecule has 0 bridgehead atoms. The van der Waals surface area contributed by atoms with E-state index in [1.54, 1.807) is 16.9 Å². The Labute approximate surface area is 200 Å². The molecule has 2 N–H and O–H groups in total. The predicted molar refractivity (Wildman–Crippen MR) is 129 cm³/mol. The van der Waals surface area contributed by atoms with Crippen LogP contribution in [-0.2, 0) is 15.4 Å². The Morgan fingerprint density at radius 2 is 1.69 bits per heavy atom. The topological polar surface area (TPSA) is 110 Å². The smallest absolute Gasteiger partial charge is 0.332 e. The lowest BCUT2D eigenvalue weighted by molar-refractivity contribution is 0.396. The molecule has 3 rings (SSSR count). The number of benzene rings is 2. The number of H-pyrrole nitrogens is 1. The molecule has 0 saturated carbocycles. The monoisotopic (exact) mass is 503 g/mol. The highest BCUT2D eigenvalue weighted by Gasteiger charge is 2.23. The molecule has 184 valence electrons. The van der Waals surface area contributed by atoms with Gasteiger partial charge in [-0.2, -0.15) is 0 Å². The first kappa shape index (κ1) is 25.7. The van der Waals surface area contributed by atoms with Crippen LogP contribution in [0.3, 0.4) is 0 Å². The van der Waals surface area contributed by atoms with Crippen LogP contribution in [0.15, 0.2) is 46.1 Å². The number of halogens is 2. The third-order valence-corrected chi connectivity index (χ3v) is 5.43. The summed E-state index contributed by atoms with van der Waals surface area (Å²) >= 11 is 0. The fraction of sp³-hybridized carbons (Fsp3) is 0.250. The van der Waals surface area contributed by atoms with Crippen molar-refractivity contribution in [1.82, 2.24) is 9.55 Å². The summed E-state index contributed by atoms with van der Waals surface area (Å²) in [5.41, 5.74) is -1.08. The lowest BCUT2D eigenvalue weighted by atomic mass is 9.84. The molecule has 1 aromatic heterocycles. The predicted octanol–water partition coefficient (Wildman–Crippen LogP) is 2.88. The van der Waals surface area contributed by atoms with Gasteiger partial charge in [0.2, 0.25) is 10.0 Å². The number of sulfonamides is 1. The third-order valence-electron chi connectivity index (χ3n) is 4.86. The van der Waals surface area contributed by atoms with E-state index in [0.717, 1.165) is 18.4 Å². The zero-order valence-corrected chi connectivity index (χ0v) is 20.4. The van der Waals surface area contributed by atoms with E-state index in [1.165, 1.54) is 23.9 Å². The maximum absolute atomic E-state index is 14.4. The molecule has 0 atom stereocenters. The molecule has 0 radical (unpaired) electrons. The van der Waals surface area contributed by atoms with E-state index in [2.05, 4.69) is 16.8 Å². The molecule has 0 aliphatic carbocycles. The summed E-state index contributed by atoms with van der Waals surface area (Å²) in [7, 11) is -2.44. The molecular formula is C24H23F2N3O5S. The van der Waals surface area contributed by atoms with E-state index in [-0.39, 0.29) is 5.56 Å². The second-order valence-corrected chi connectivity index (χ2v) is 10.5. The van der Waals surface area contributed by atoms with Gasteiger partial charge < -0.3 is 4.74 Å². The van der Waals surface area contributed by atoms with Crippen molar-refractivity contribution in [3.05, 3.63) is 85.7 Å². The SMILES string of the molecule is COc1c(C#Cc2cc(F)c(NS(C)(=O)=O)c(F)c2)cc(-n2ccc(=O)[nH]c2=O)cc1C(C)(C)C. The van der Waals surface area contributed by atoms with Gasteiger partial charge in [0.1, 0.15) is 11.4 Å². The van der Waals surface area contributed by atoms with Gasteiger partial charge in [0.05, 0.1) is 24.6 Å². The molecule has 35 heavy (non-hydrogen) atoms. The van der Waals surface area contributed by atoms with Crippen LogP contribution in [0.2, 0.25) is 0 Å². The summed E-state index contributed by atoms with van der Waals surface area (Å²) in [6.45, 7) is 5.79. The number of ether oxygens (including phenoxy) is 1. The van der Waals surface area contributed by atoms with E-state index >= 15 is 0 Å². The van der Waals surface area contributed by atoms with Crippen molar-refractivity contribution >= 4 is 15.7 Å². The molecule has 8 nitrogen and oxygen atoms in total. The van der Waals surface area contributed by atoms with Crippen LogP contribution in [0.4, 0.5) is 14.5 Å². The number of anilines is 1. The molecule has 11 heteroatoms. The summed E-state index contributed by atoms with van der Waals surface area (Å²) in [5.74, 6) is 3.62. The molecule has 0 saturated heterocycles. The van der Waals surface area contributed by atoms with Crippen molar-refractivity contribution in [3.8, 4) is 23.3 Å². The first-order valence-corrected chi connectivity index (χ1v) is 12.1. The van der Waals surface area contributed by atoms with Gasteiger partial charge in [0.25, 0.3) is 5.56 Å². The van der Waals surface area contributed by atoms with Crippen molar-refractivity contribution in [3.63, 3.8) is 0 Å². The molecule has 0 amide bonds. The van der Waals surface area contributed by atoms with Gasteiger partial charge in [-0.15, -0.1) is 0 Å². The van der Waals surface area contributed by atoms with Crippen LogP contribution in [0, 0.1) is 23.5 Å². The largest absolute Gasteiger partial charge is 0.495 e. The number of aromatic nitrogens is 2. The Balaban J connectivity index is 2.21. The van der Waals surface area contributed by atoms with E-state index in [4.69, 9.17) is 4.74 Å². The van der Waals surface area contributed by atoms with Gasteiger partial charge in [-0.25, -0.2) is 22.0 Å². The number of methoxy groups -OCH3 is 1. The zero-order chi connectivity index (χ0) is 26.1. The van der Waals surface area contributed by atoms with Crippen molar-refractivity contribution in [2.24, 2.45) is 0 Å². The zero-order valence-electron chi connectivity index (χ0n) is 19.6. The fourth-order valence-corrected chi connectivity index (χ4v) is 3.88. The Hall–Kier alpha value is -3.91. The van der Waals surface area contributed by atoms with Crippen molar-refractivity contribution in [1.29, 1.82) is 0 Å². The second kappa shape index (κ2) is 9.38. The Morgan fingerprint density at radius 3 is 2.20 bits per heavy atom. The average molecular weight is 504 g/mol. The maximum atomic E-state index is 14.4. The molecule has 0 fully saturated rings. The van der Waals surface area contributed by atoms with Crippen molar-refractivity contribution in [2.75, 3.05) is 18.1 Å². The van der Waals surface area contributed by atoms with Crippen LogP contribution in [-0.4, -0.2) is 31.3 Å². The Kier molecular flexibility index (Phi) is 6.89. The number of rotatable bonds is 4. The first-order valence-electron chi connectivity index (χ1n) is 10.2. The quantitative estimate of drug-likeness (QED) is 0.532. The fourth-order valence-electron chi connectivity index (χ4n) is 3.31. The molecule has 2 aromatic carbocycles. The third kappa shape index (κ3) is 5.96. The van der Waals surface area contributed by atoms with Gasteiger partial charge in [-0.05, 0) is 29.7 Å². The van der Waals surface area contributed by atoms with E-state index < -0.39 is 44.0 Å². The van der Waals surface area contributed by atoms with E-state index in [1.807, 2.05) is 20.8 Å². The summed E-state index contributed by atoms with van der Waals surface area (Å²) < 4.78 is 60.0. The Morgan fingerprint density at radius 1 is 1.06 bits per heavy atom. The van der Waals surface area contributed by atoms with Crippen LogP contribution < -0.4 is 20.7 Å². The summed E-state index contributed by atoms with van der Waals surface area (Å²) in [5, 5.41) is 0. The lowest BCUT2D eigenvalue weighted by Crippen LogP contribution is -2.28. The number of nitrogens with zero attached hydrogens (tertiary/aromatic N) is 1. The summed E-state index contributed by atoms with van der Waals surface area (Å²) in [6.07, 6.45) is 2.10. The van der Waals surface area contributed by atoms with Crippen LogP contribution in [0.25, 0.3) is 5.69 Å². The van der Waals surface area contributed by atoms with Crippen LogP contribution >= 0.6 is 0 Å². The van der Waals surface area contributed by atoms with Crippen LogP contribution in [0.5, 0.6) is 5.75 Å². The minimum Gasteiger partial charge on any atom is -0.495 e. The summed E-state index contributed by atoms with van der Waals surface area (Å²) in [6, 6.07) is 6.28. The second-order valence-electron chi connectivity index (χ2n) is 8.74. The van der Waals surface area contributed by atoms with Crippen LogP contribution in [0.1, 0.15) is 37.5 Å². The minimum atomic E-state index is -3.89. The van der Waals surface area contributed by atoms with E-state index in [9.17, 15) is 26.8 Å². The minimum absolute atomic E-state index is 0.0509. The highest BCUT2D eigenvalue weighted by atomic mass is 32.2. The van der Waals surface area contributed by atoms with Crippen molar-refractivity contribution < 1.29 is 21.9 Å².